The lowest BCUT2D eigenvalue weighted by molar-refractivity contribution is 0.0659. The van der Waals surface area contributed by atoms with E-state index in [0.717, 1.165) is 24.1 Å². The van der Waals surface area contributed by atoms with E-state index >= 15 is 4.39 Å². The summed E-state index contributed by atoms with van der Waals surface area (Å²) in [6.45, 7) is 4.82. The number of anilines is 2. The first-order chi connectivity index (χ1) is 15.4. The van der Waals surface area contributed by atoms with E-state index in [1.807, 2.05) is 12.1 Å². The molecule has 0 amide bonds. The van der Waals surface area contributed by atoms with Crippen LogP contribution in [-0.2, 0) is 11.8 Å². The Balaban J connectivity index is 1.39. The normalized spacial score (nSPS) is 26.7. The molecule has 2 aliphatic rings. The molecular weight excluding hydrogens is 454 g/mol. The van der Waals surface area contributed by atoms with Crippen LogP contribution in [0.2, 0.25) is 10.2 Å². The van der Waals surface area contributed by atoms with Crippen molar-refractivity contribution in [3.05, 3.63) is 40.3 Å². The monoisotopic (exact) mass is 478 g/mol. The highest BCUT2D eigenvalue weighted by Gasteiger charge is 2.38. The summed E-state index contributed by atoms with van der Waals surface area (Å²) >= 11 is 12.8. The van der Waals surface area contributed by atoms with E-state index in [2.05, 4.69) is 32.2 Å². The second-order valence-electron chi connectivity index (χ2n) is 8.71. The number of benzene rings is 1. The van der Waals surface area contributed by atoms with E-state index in [4.69, 9.17) is 27.9 Å². The number of ether oxygens (including phenoxy) is 1. The van der Waals surface area contributed by atoms with E-state index in [0.29, 0.717) is 58.9 Å². The Morgan fingerprint density at radius 1 is 1.22 bits per heavy atom. The van der Waals surface area contributed by atoms with Gasteiger partial charge in [0.15, 0.2) is 0 Å². The number of aromatic nitrogens is 4. The zero-order valence-corrected chi connectivity index (χ0v) is 19.4. The van der Waals surface area contributed by atoms with Crippen LogP contribution < -0.4 is 5.32 Å². The molecule has 2 fully saturated rings. The summed E-state index contributed by atoms with van der Waals surface area (Å²) in [6.07, 6.45) is 3.01. The summed E-state index contributed by atoms with van der Waals surface area (Å²) < 4.78 is 22.5. The van der Waals surface area contributed by atoms with Crippen LogP contribution >= 0.6 is 23.2 Å². The number of piperidine rings is 1. The average molecular weight is 479 g/mol. The van der Waals surface area contributed by atoms with Crippen molar-refractivity contribution in [1.29, 1.82) is 0 Å². The summed E-state index contributed by atoms with van der Waals surface area (Å²) in [5.41, 5.74) is 2.12. The fraction of sp³-hybridized carbons (Fsp3) is 0.500. The quantitative estimate of drug-likeness (QED) is 0.591. The van der Waals surface area contributed by atoms with Gasteiger partial charge in [0, 0.05) is 42.2 Å². The first-order valence-electron chi connectivity index (χ1n) is 10.8. The molecule has 2 aliphatic heterocycles. The number of hydrogen-bond donors (Lipinski definition) is 1. The van der Waals surface area contributed by atoms with Crippen molar-refractivity contribution in [2.24, 2.45) is 13.0 Å². The Hall–Kier alpha value is -2.00. The molecule has 0 radical (unpaired) electrons. The lowest BCUT2D eigenvalue weighted by atomic mass is 9.86. The molecule has 0 saturated carbocycles. The van der Waals surface area contributed by atoms with Gasteiger partial charge >= 0.3 is 0 Å². The largest absolute Gasteiger partial charge is 0.379 e. The number of rotatable bonds is 4. The van der Waals surface area contributed by atoms with Crippen LogP contribution in [0, 0.1) is 5.92 Å². The zero-order valence-electron chi connectivity index (χ0n) is 17.9. The van der Waals surface area contributed by atoms with Crippen LogP contribution in [0.1, 0.15) is 24.8 Å². The lowest BCUT2D eigenvalue weighted by Gasteiger charge is -2.39. The fourth-order valence-corrected chi connectivity index (χ4v) is 5.19. The Kier molecular flexibility index (Phi) is 5.96. The first kappa shape index (κ1) is 21.8. The number of hydrogen-bond acceptors (Lipinski definition) is 6. The molecule has 4 heterocycles. The standard InChI is InChI=1S/C22H25Cl2FN6O/c1-12-10-32-11-20(12)31-4-3-14(17(25)9-31)15-6-18-13(5-16(15)23)7-26-22(28-18)29-19-8-27-30(2)21(19)24/h5-8,12,14,17,20H,3-4,9-11H2,1-2H3,(H,26,28,29)/t12-,14+,17-,20+/m1/s1. The van der Waals surface area contributed by atoms with Crippen molar-refractivity contribution in [3.63, 3.8) is 0 Å². The Labute approximate surface area is 195 Å². The van der Waals surface area contributed by atoms with Gasteiger partial charge in [0.2, 0.25) is 5.95 Å². The Morgan fingerprint density at radius 2 is 2.06 bits per heavy atom. The van der Waals surface area contributed by atoms with Crippen molar-refractivity contribution in [1.82, 2.24) is 24.6 Å². The van der Waals surface area contributed by atoms with Gasteiger partial charge in [-0.25, -0.2) is 14.4 Å². The molecule has 1 aromatic carbocycles. The van der Waals surface area contributed by atoms with Gasteiger partial charge in [-0.15, -0.1) is 0 Å². The average Bonchev–Trinajstić information content (AvgIpc) is 3.34. The molecule has 2 saturated heterocycles. The van der Waals surface area contributed by atoms with Crippen molar-refractivity contribution in [2.75, 3.05) is 31.6 Å². The van der Waals surface area contributed by atoms with E-state index in [-0.39, 0.29) is 5.92 Å². The molecule has 4 atom stereocenters. The summed E-state index contributed by atoms with van der Waals surface area (Å²) in [5.74, 6) is 0.557. The van der Waals surface area contributed by atoms with Gasteiger partial charge < -0.3 is 10.1 Å². The van der Waals surface area contributed by atoms with Crippen LogP contribution in [-0.4, -0.2) is 63.2 Å². The predicted molar refractivity (Wildman–Crippen MR) is 124 cm³/mol. The minimum atomic E-state index is -1.000. The molecule has 0 unspecified atom stereocenters. The van der Waals surface area contributed by atoms with E-state index < -0.39 is 6.17 Å². The summed E-state index contributed by atoms with van der Waals surface area (Å²) in [5, 5.41) is 9.00. The van der Waals surface area contributed by atoms with Crippen LogP contribution in [0.4, 0.5) is 16.0 Å². The van der Waals surface area contributed by atoms with Gasteiger partial charge in [-0.05, 0) is 36.6 Å². The molecule has 1 N–H and O–H groups in total. The fourth-order valence-electron chi connectivity index (χ4n) is 4.73. The number of aryl methyl sites for hydroxylation is 1. The number of nitrogens with zero attached hydrogens (tertiary/aromatic N) is 5. The van der Waals surface area contributed by atoms with Crippen LogP contribution in [0.3, 0.4) is 0 Å². The smallest absolute Gasteiger partial charge is 0.227 e. The summed E-state index contributed by atoms with van der Waals surface area (Å²) in [7, 11) is 1.75. The number of fused-ring (bicyclic) bond motifs is 1. The van der Waals surface area contributed by atoms with Crippen molar-refractivity contribution in [2.45, 2.75) is 31.5 Å². The van der Waals surface area contributed by atoms with Gasteiger partial charge in [0.25, 0.3) is 0 Å². The highest BCUT2D eigenvalue weighted by Crippen LogP contribution is 2.38. The van der Waals surface area contributed by atoms with E-state index in [1.54, 1.807) is 24.1 Å². The first-order valence-corrected chi connectivity index (χ1v) is 11.5. The van der Waals surface area contributed by atoms with Gasteiger partial charge in [0.1, 0.15) is 11.3 Å². The van der Waals surface area contributed by atoms with Crippen molar-refractivity contribution >= 4 is 45.7 Å². The molecule has 0 spiro atoms. The number of likely N-dealkylation sites (tertiary alicyclic amines) is 1. The minimum absolute atomic E-state index is 0.264. The number of alkyl halides is 1. The molecule has 170 valence electrons. The Bertz CT molecular complexity index is 1140. The van der Waals surface area contributed by atoms with E-state index in [9.17, 15) is 0 Å². The second-order valence-corrected chi connectivity index (χ2v) is 9.48. The van der Waals surface area contributed by atoms with Gasteiger partial charge in [0.05, 0.1) is 30.6 Å². The third-order valence-electron chi connectivity index (χ3n) is 6.58. The molecule has 10 heteroatoms. The summed E-state index contributed by atoms with van der Waals surface area (Å²) in [4.78, 5) is 11.2. The number of halogens is 3. The summed E-state index contributed by atoms with van der Waals surface area (Å²) in [6, 6.07) is 4.00. The van der Waals surface area contributed by atoms with Crippen molar-refractivity contribution < 1.29 is 9.13 Å². The van der Waals surface area contributed by atoms with Gasteiger partial charge in [-0.1, -0.05) is 30.1 Å². The second kappa shape index (κ2) is 8.74. The predicted octanol–water partition coefficient (Wildman–Crippen LogP) is 4.58. The molecule has 3 aromatic rings. The topological polar surface area (TPSA) is 68.1 Å². The van der Waals surface area contributed by atoms with Crippen LogP contribution in [0.5, 0.6) is 0 Å². The molecule has 0 aliphatic carbocycles. The molecule has 2 aromatic heterocycles. The molecule has 7 nitrogen and oxygen atoms in total. The maximum atomic E-state index is 15.3. The lowest BCUT2D eigenvalue weighted by Crippen LogP contribution is -2.48. The molecule has 0 bridgehead atoms. The zero-order chi connectivity index (χ0) is 22.4. The third kappa shape index (κ3) is 4.05. The number of nitrogens with one attached hydrogen (secondary N) is 1. The van der Waals surface area contributed by atoms with Gasteiger partial charge in [-0.2, -0.15) is 5.10 Å². The highest BCUT2D eigenvalue weighted by molar-refractivity contribution is 6.32. The molecule has 32 heavy (non-hydrogen) atoms. The van der Waals surface area contributed by atoms with Crippen molar-refractivity contribution in [3.8, 4) is 0 Å². The molecular formula is C22H25Cl2FN6O. The van der Waals surface area contributed by atoms with Crippen LogP contribution in [0.15, 0.2) is 24.5 Å². The third-order valence-corrected chi connectivity index (χ3v) is 7.35. The maximum Gasteiger partial charge on any atom is 0.227 e. The van der Waals surface area contributed by atoms with Gasteiger partial charge in [-0.3, -0.25) is 9.58 Å². The molecule has 5 rings (SSSR count). The highest BCUT2D eigenvalue weighted by atomic mass is 35.5. The Morgan fingerprint density at radius 3 is 2.75 bits per heavy atom. The maximum absolute atomic E-state index is 15.3. The minimum Gasteiger partial charge on any atom is -0.379 e. The SMILES string of the molecule is C[C@@H]1COC[C@@H]1N1CC[C@@H](c2cc3nc(Nc4cnn(C)c4Cl)ncc3cc2Cl)[C@H](F)C1. The van der Waals surface area contributed by atoms with Crippen LogP contribution in [0.25, 0.3) is 10.9 Å². The van der Waals surface area contributed by atoms with E-state index in [1.165, 1.54) is 0 Å².